The van der Waals surface area contributed by atoms with E-state index in [-0.39, 0.29) is 11.9 Å². The van der Waals surface area contributed by atoms with Gasteiger partial charge < -0.3 is 14.2 Å². The molecule has 1 aromatic heterocycles. The van der Waals surface area contributed by atoms with Crippen LogP contribution in [0.3, 0.4) is 0 Å². The fourth-order valence-corrected chi connectivity index (χ4v) is 3.80. The van der Waals surface area contributed by atoms with E-state index in [2.05, 4.69) is 18.0 Å². The predicted octanol–water partition coefficient (Wildman–Crippen LogP) is 3.61. The first-order valence-electron chi connectivity index (χ1n) is 9.53. The lowest BCUT2D eigenvalue weighted by Crippen LogP contribution is -2.49. The number of aromatic nitrogens is 1. The van der Waals surface area contributed by atoms with Crippen LogP contribution in [-0.4, -0.2) is 54.1 Å². The van der Waals surface area contributed by atoms with Crippen molar-refractivity contribution in [2.45, 2.75) is 6.04 Å². The Hall–Kier alpha value is -3.05. The van der Waals surface area contributed by atoms with Crippen molar-refractivity contribution < 1.29 is 9.53 Å². The Morgan fingerprint density at radius 2 is 1.68 bits per heavy atom. The lowest BCUT2D eigenvalue weighted by atomic mass is 10.0. The number of nitrogens with zero attached hydrogens (tertiary/aromatic N) is 3. The largest absolute Gasteiger partial charge is 0.496 e. The molecule has 1 atom stereocenters. The van der Waals surface area contributed by atoms with Crippen molar-refractivity contribution >= 4 is 5.91 Å². The standard InChI is InChI=1S/C23H25N3O2/c1-24-15-16-26(17-21(24)20-7-3-4-8-22(20)28-2)23(27)18-9-11-19(12-10-18)25-13-5-6-14-25/h3-14,21H,15-17H2,1-2H3. The molecule has 0 bridgehead atoms. The van der Waals surface area contributed by atoms with Crippen LogP contribution in [0.2, 0.25) is 0 Å². The maximum Gasteiger partial charge on any atom is 0.253 e. The number of ether oxygens (including phenoxy) is 1. The minimum atomic E-state index is 0.0760. The number of piperazine rings is 1. The molecule has 1 fully saturated rings. The van der Waals surface area contributed by atoms with Crippen LogP contribution in [0.1, 0.15) is 22.0 Å². The van der Waals surface area contributed by atoms with E-state index in [1.165, 1.54) is 0 Å². The molecule has 144 valence electrons. The molecule has 1 saturated heterocycles. The van der Waals surface area contributed by atoms with E-state index in [0.29, 0.717) is 6.54 Å². The number of hydrogen-bond acceptors (Lipinski definition) is 3. The molecule has 5 heteroatoms. The van der Waals surface area contributed by atoms with Crippen molar-refractivity contribution in [2.75, 3.05) is 33.8 Å². The highest BCUT2D eigenvalue weighted by Crippen LogP contribution is 2.31. The lowest BCUT2D eigenvalue weighted by Gasteiger charge is -2.40. The summed E-state index contributed by atoms with van der Waals surface area (Å²) in [6, 6.07) is 19.9. The van der Waals surface area contributed by atoms with Gasteiger partial charge >= 0.3 is 0 Å². The molecule has 1 aliphatic heterocycles. The first-order chi connectivity index (χ1) is 13.7. The minimum absolute atomic E-state index is 0.0760. The number of amides is 1. The summed E-state index contributed by atoms with van der Waals surface area (Å²) in [6.07, 6.45) is 3.99. The average molecular weight is 375 g/mol. The van der Waals surface area contributed by atoms with E-state index in [4.69, 9.17) is 4.74 Å². The summed E-state index contributed by atoms with van der Waals surface area (Å²) >= 11 is 0. The Morgan fingerprint density at radius 1 is 0.964 bits per heavy atom. The van der Waals surface area contributed by atoms with E-state index in [0.717, 1.165) is 35.7 Å². The van der Waals surface area contributed by atoms with Crippen molar-refractivity contribution in [3.63, 3.8) is 0 Å². The molecule has 0 radical (unpaired) electrons. The van der Waals surface area contributed by atoms with Gasteiger partial charge in [-0.15, -0.1) is 0 Å². The van der Waals surface area contributed by atoms with Gasteiger partial charge in [0.1, 0.15) is 5.75 Å². The number of rotatable bonds is 4. The first-order valence-corrected chi connectivity index (χ1v) is 9.53. The minimum Gasteiger partial charge on any atom is -0.496 e. The molecule has 3 aromatic rings. The zero-order chi connectivity index (χ0) is 19.5. The van der Waals surface area contributed by atoms with Gasteiger partial charge in [-0.2, -0.15) is 0 Å². The topological polar surface area (TPSA) is 37.7 Å². The van der Waals surface area contributed by atoms with Crippen LogP contribution in [0.25, 0.3) is 5.69 Å². The summed E-state index contributed by atoms with van der Waals surface area (Å²) < 4.78 is 7.57. The summed E-state index contributed by atoms with van der Waals surface area (Å²) in [7, 11) is 3.79. The fraction of sp³-hybridized carbons (Fsp3) is 0.261. The van der Waals surface area contributed by atoms with E-state index in [9.17, 15) is 4.79 Å². The van der Waals surface area contributed by atoms with Crippen LogP contribution >= 0.6 is 0 Å². The molecule has 2 aromatic carbocycles. The molecule has 5 nitrogen and oxygen atoms in total. The Labute approximate surface area is 165 Å². The average Bonchev–Trinajstić information content (AvgIpc) is 3.29. The maximum absolute atomic E-state index is 13.1. The number of para-hydroxylation sites is 1. The van der Waals surface area contributed by atoms with Gasteiger partial charge in [0, 0.05) is 48.8 Å². The van der Waals surface area contributed by atoms with E-state index >= 15 is 0 Å². The third-order valence-electron chi connectivity index (χ3n) is 5.45. The monoisotopic (exact) mass is 375 g/mol. The summed E-state index contributed by atoms with van der Waals surface area (Å²) in [5.41, 5.74) is 2.89. The smallest absolute Gasteiger partial charge is 0.253 e. The molecule has 1 unspecified atom stereocenters. The van der Waals surface area contributed by atoms with Crippen molar-refractivity contribution in [1.29, 1.82) is 0 Å². The van der Waals surface area contributed by atoms with Crippen LogP contribution in [0.4, 0.5) is 0 Å². The molecule has 0 spiro atoms. The van der Waals surface area contributed by atoms with Crippen LogP contribution in [0.15, 0.2) is 73.1 Å². The van der Waals surface area contributed by atoms with Gasteiger partial charge in [-0.25, -0.2) is 0 Å². The molecule has 28 heavy (non-hydrogen) atoms. The van der Waals surface area contributed by atoms with E-state index < -0.39 is 0 Å². The number of carbonyl (C=O) groups is 1. The molecule has 1 aliphatic rings. The highest BCUT2D eigenvalue weighted by atomic mass is 16.5. The third kappa shape index (κ3) is 3.53. The van der Waals surface area contributed by atoms with Crippen LogP contribution < -0.4 is 4.74 Å². The third-order valence-corrected chi connectivity index (χ3v) is 5.45. The molecule has 0 aliphatic carbocycles. The van der Waals surface area contributed by atoms with Crippen molar-refractivity contribution in [1.82, 2.24) is 14.4 Å². The summed E-state index contributed by atoms with van der Waals surface area (Å²) in [6.45, 7) is 2.20. The molecule has 2 heterocycles. The highest BCUT2D eigenvalue weighted by molar-refractivity contribution is 5.94. The fourth-order valence-electron chi connectivity index (χ4n) is 3.80. The van der Waals surface area contributed by atoms with Gasteiger partial charge in [0.2, 0.25) is 0 Å². The Balaban J connectivity index is 1.53. The van der Waals surface area contributed by atoms with Gasteiger partial charge in [-0.1, -0.05) is 18.2 Å². The van der Waals surface area contributed by atoms with Crippen LogP contribution in [0, 0.1) is 0 Å². The highest BCUT2D eigenvalue weighted by Gasteiger charge is 2.30. The second kappa shape index (κ2) is 7.90. The van der Waals surface area contributed by atoms with Crippen molar-refractivity contribution in [3.8, 4) is 11.4 Å². The van der Waals surface area contributed by atoms with Gasteiger partial charge in [-0.3, -0.25) is 9.69 Å². The number of methoxy groups -OCH3 is 1. The van der Waals surface area contributed by atoms with Crippen LogP contribution in [0.5, 0.6) is 5.75 Å². The molecule has 0 N–H and O–H groups in total. The van der Waals surface area contributed by atoms with Gasteiger partial charge in [0.05, 0.1) is 13.2 Å². The second-order valence-electron chi connectivity index (χ2n) is 7.13. The normalized spacial score (nSPS) is 17.5. The van der Waals surface area contributed by atoms with Crippen molar-refractivity contribution in [3.05, 3.63) is 84.2 Å². The van der Waals surface area contributed by atoms with E-state index in [1.807, 2.05) is 76.5 Å². The second-order valence-corrected chi connectivity index (χ2v) is 7.13. The molecular formula is C23H25N3O2. The van der Waals surface area contributed by atoms with Gasteiger partial charge in [0.25, 0.3) is 5.91 Å². The van der Waals surface area contributed by atoms with Crippen LogP contribution in [-0.2, 0) is 0 Å². The summed E-state index contributed by atoms with van der Waals surface area (Å²) in [5.74, 6) is 0.941. The van der Waals surface area contributed by atoms with E-state index in [1.54, 1.807) is 7.11 Å². The maximum atomic E-state index is 13.1. The first kappa shape index (κ1) is 18.3. The zero-order valence-electron chi connectivity index (χ0n) is 16.3. The number of benzene rings is 2. The quantitative estimate of drug-likeness (QED) is 0.699. The van der Waals surface area contributed by atoms with Crippen molar-refractivity contribution in [2.24, 2.45) is 0 Å². The Kier molecular flexibility index (Phi) is 5.17. The summed E-state index contributed by atoms with van der Waals surface area (Å²) in [5, 5.41) is 0. The summed E-state index contributed by atoms with van der Waals surface area (Å²) in [4.78, 5) is 17.3. The molecular weight excluding hydrogens is 350 g/mol. The van der Waals surface area contributed by atoms with Gasteiger partial charge in [0.15, 0.2) is 0 Å². The van der Waals surface area contributed by atoms with Gasteiger partial charge in [-0.05, 0) is 49.5 Å². The molecule has 4 rings (SSSR count). The molecule has 1 amide bonds. The number of hydrogen-bond donors (Lipinski definition) is 0. The molecule has 0 saturated carbocycles. The number of likely N-dealkylation sites (N-methyl/N-ethyl adjacent to an activating group) is 1. The number of carbonyl (C=O) groups excluding carboxylic acids is 1. The Morgan fingerprint density at radius 3 is 2.39 bits per heavy atom. The SMILES string of the molecule is COc1ccccc1C1CN(C(=O)c2ccc(-n3cccc3)cc2)CCN1C. The Bertz CT molecular complexity index is 935. The zero-order valence-corrected chi connectivity index (χ0v) is 16.3. The lowest BCUT2D eigenvalue weighted by molar-refractivity contribution is 0.0542. The predicted molar refractivity (Wildman–Crippen MR) is 110 cm³/mol.